The number of ether oxygens (including phenoxy) is 3. The fourth-order valence-electron chi connectivity index (χ4n) is 2.50. The quantitative estimate of drug-likeness (QED) is 0.770. The monoisotopic (exact) mass is 284 g/mol. The summed E-state index contributed by atoms with van der Waals surface area (Å²) in [7, 11) is 3.42. The van der Waals surface area contributed by atoms with Crippen molar-refractivity contribution in [2.75, 3.05) is 14.2 Å². The summed E-state index contributed by atoms with van der Waals surface area (Å²) in [5.74, 6) is 2.02. The Hall–Kier alpha value is -0.930. The van der Waals surface area contributed by atoms with Crippen LogP contribution in [0.2, 0.25) is 0 Å². The highest BCUT2D eigenvalue weighted by Gasteiger charge is 2.24. The maximum Gasteiger partial charge on any atom is 0.161 e. The molecular weight excluding hydrogens is 264 g/mol. The van der Waals surface area contributed by atoms with Gasteiger partial charge in [-0.2, -0.15) is 0 Å². The standard InChI is InChI=1S/C15H21ClO3/c1-17-12-4-3-5-13(9-12)19-15-8-11(10-16)6-7-14(15)18-2/h6-8,12-13H,3-5,9-10H2,1-2H3. The molecule has 0 bridgehead atoms. The summed E-state index contributed by atoms with van der Waals surface area (Å²) < 4.78 is 16.9. The van der Waals surface area contributed by atoms with Gasteiger partial charge in [-0.3, -0.25) is 0 Å². The highest BCUT2D eigenvalue weighted by atomic mass is 35.5. The van der Waals surface area contributed by atoms with Crippen LogP contribution in [0.15, 0.2) is 18.2 Å². The van der Waals surface area contributed by atoms with E-state index in [2.05, 4.69) is 0 Å². The minimum Gasteiger partial charge on any atom is -0.493 e. The summed E-state index contributed by atoms with van der Waals surface area (Å²) in [6.07, 6.45) is 4.76. The van der Waals surface area contributed by atoms with Crippen molar-refractivity contribution in [3.63, 3.8) is 0 Å². The van der Waals surface area contributed by atoms with E-state index in [4.69, 9.17) is 25.8 Å². The maximum absolute atomic E-state index is 6.09. The highest BCUT2D eigenvalue weighted by molar-refractivity contribution is 6.17. The van der Waals surface area contributed by atoms with Crippen LogP contribution in [0.3, 0.4) is 0 Å². The van der Waals surface area contributed by atoms with E-state index in [1.807, 2.05) is 18.2 Å². The molecule has 0 heterocycles. The lowest BCUT2D eigenvalue weighted by Gasteiger charge is -2.29. The zero-order valence-electron chi connectivity index (χ0n) is 11.5. The van der Waals surface area contributed by atoms with Crippen molar-refractivity contribution >= 4 is 11.6 Å². The number of hydrogen-bond donors (Lipinski definition) is 0. The van der Waals surface area contributed by atoms with Gasteiger partial charge in [0.15, 0.2) is 11.5 Å². The van der Waals surface area contributed by atoms with E-state index in [9.17, 15) is 0 Å². The van der Waals surface area contributed by atoms with Crippen LogP contribution >= 0.6 is 11.6 Å². The van der Waals surface area contributed by atoms with Crippen molar-refractivity contribution in [2.45, 2.75) is 43.8 Å². The Morgan fingerprint density at radius 1 is 1.16 bits per heavy atom. The van der Waals surface area contributed by atoms with E-state index >= 15 is 0 Å². The van der Waals surface area contributed by atoms with Crippen LogP contribution in [-0.4, -0.2) is 26.4 Å². The molecule has 0 amide bonds. The van der Waals surface area contributed by atoms with Crippen molar-refractivity contribution in [2.24, 2.45) is 0 Å². The van der Waals surface area contributed by atoms with Gasteiger partial charge in [-0.1, -0.05) is 6.07 Å². The number of rotatable bonds is 5. The molecule has 1 saturated carbocycles. The molecule has 1 aromatic carbocycles. The number of methoxy groups -OCH3 is 2. The summed E-state index contributed by atoms with van der Waals surface area (Å²) >= 11 is 5.87. The largest absolute Gasteiger partial charge is 0.493 e. The van der Waals surface area contributed by atoms with Gasteiger partial charge in [0.25, 0.3) is 0 Å². The predicted octanol–water partition coefficient (Wildman–Crippen LogP) is 3.77. The Morgan fingerprint density at radius 3 is 2.63 bits per heavy atom. The molecule has 106 valence electrons. The van der Waals surface area contributed by atoms with Crippen molar-refractivity contribution < 1.29 is 14.2 Å². The maximum atomic E-state index is 6.09. The van der Waals surface area contributed by atoms with Crippen LogP contribution in [0.25, 0.3) is 0 Å². The summed E-state index contributed by atoms with van der Waals surface area (Å²) in [4.78, 5) is 0. The van der Waals surface area contributed by atoms with E-state index < -0.39 is 0 Å². The zero-order chi connectivity index (χ0) is 13.7. The first-order valence-electron chi connectivity index (χ1n) is 6.69. The van der Waals surface area contributed by atoms with E-state index in [0.29, 0.717) is 12.0 Å². The first kappa shape index (κ1) is 14.5. The predicted molar refractivity (Wildman–Crippen MR) is 76.2 cm³/mol. The van der Waals surface area contributed by atoms with Crippen LogP contribution in [-0.2, 0) is 10.6 Å². The van der Waals surface area contributed by atoms with Crippen LogP contribution in [0.4, 0.5) is 0 Å². The van der Waals surface area contributed by atoms with E-state index in [-0.39, 0.29) is 6.10 Å². The van der Waals surface area contributed by atoms with Crippen molar-refractivity contribution in [3.05, 3.63) is 23.8 Å². The molecule has 1 aromatic rings. The Morgan fingerprint density at radius 2 is 1.95 bits per heavy atom. The van der Waals surface area contributed by atoms with Gasteiger partial charge < -0.3 is 14.2 Å². The molecule has 2 rings (SSSR count). The van der Waals surface area contributed by atoms with Gasteiger partial charge in [-0.25, -0.2) is 0 Å². The van der Waals surface area contributed by atoms with Crippen LogP contribution in [0, 0.1) is 0 Å². The molecule has 0 radical (unpaired) electrons. The number of alkyl halides is 1. The topological polar surface area (TPSA) is 27.7 Å². The smallest absolute Gasteiger partial charge is 0.161 e. The molecule has 0 spiro atoms. The summed E-state index contributed by atoms with van der Waals surface area (Å²) in [5.41, 5.74) is 1.04. The van der Waals surface area contributed by atoms with Gasteiger partial charge in [0.2, 0.25) is 0 Å². The molecule has 0 N–H and O–H groups in total. The fraction of sp³-hybridized carbons (Fsp3) is 0.600. The lowest BCUT2D eigenvalue weighted by atomic mass is 9.95. The lowest BCUT2D eigenvalue weighted by molar-refractivity contribution is 0.0201. The molecule has 0 saturated heterocycles. The van der Waals surface area contributed by atoms with Crippen molar-refractivity contribution in [1.82, 2.24) is 0 Å². The Labute approximate surface area is 119 Å². The van der Waals surface area contributed by atoms with Gasteiger partial charge >= 0.3 is 0 Å². The average molecular weight is 285 g/mol. The third-order valence-corrected chi connectivity index (χ3v) is 3.90. The Bertz CT molecular complexity index is 408. The van der Waals surface area contributed by atoms with Crippen LogP contribution in [0.1, 0.15) is 31.2 Å². The molecule has 19 heavy (non-hydrogen) atoms. The summed E-state index contributed by atoms with van der Waals surface area (Å²) in [6, 6.07) is 5.82. The molecule has 0 aliphatic heterocycles. The van der Waals surface area contributed by atoms with Crippen LogP contribution in [0.5, 0.6) is 11.5 Å². The molecule has 1 aliphatic carbocycles. The van der Waals surface area contributed by atoms with Gasteiger partial charge in [-0.15, -0.1) is 11.6 Å². The summed E-state index contributed by atoms with van der Waals surface area (Å²) in [5, 5.41) is 0. The third kappa shape index (κ3) is 3.77. The summed E-state index contributed by atoms with van der Waals surface area (Å²) in [6.45, 7) is 0. The molecule has 4 heteroatoms. The second kappa shape index (κ2) is 7.01. The fourth-order valence-corrected chi connectivity index (χ4v) is 2.67. The van der Waals surface area contributed by atoms with Crippen molar-refractivity contribution in [3.8, 4) is 11.5 Å². The van der Waals surface area contributed by atoms with E-state index in [1.54, 1.807) is 14.2 Å². The minimum atomic E-state index is 0.193. The Kier molecular flexibility index (Phi) is 5.34. The average Bonchev–Trinajstić information content (AvgIpc) is 2.47. The Balaban J connectivity index is 2.08. The van der Waals surface area contributed by atoms with E-state index in [1.165, 1.54) is 0 Å². The highest BCUT2D eigenvalue weighted by Crippen LogP contribution is 2.32. The third-order valence-electron chi connectivity index (χ3n) is 3.59. The molecule has 3 nitrogen and oxygen atoms in total. The molecule has 1 aliphatic rings. The molecule has 2 atom stereocenters. The lowest BCUT2D eigenvalue weighted by Crippen LogP contribution is -2.29. The molecular formula is C15H21ClO3. The van der Waals surface area contributed by atoms with Crippen molar-refractivity contribution in [1.29, 1.82) is 0 Å². The molecule has 0 aromatic heterocycles. The SMILES string of the molecule is COc1ccc(CCl)cc1OC1CCCC(OC)C1. The number of hydrogen-bond acceptors (Lipinski definition) is 3. The van der Waals surface area contributed by atoms with Gasteiger partial charge in [0.1, 0.15) is 6.10 Å². The van der Waals surface area contributed by atoms with Gasteiger partial charge in [0, 0.05) is 19.4 Å². The van der Waals surface area contributed by atoms with E-state index in [0.717, 1.165) is 42.7 Å². The minimum absolute atomic E-state index is 0.193. The number of benzene rings is 1. The van der Waals surface area contributed by atoms with Crippen LogP contribution < -0.4 is 9.47 Å². The number of halogens is 1. The molecule has 1 fully saturated rings. The van der Waals surface area contributed by atoms with Gasteiger partial charge in [-0.05, 0) is 37.0 Å². The second-order valence-electron chi connectivity index (χ2n) is 4.88. The van der Waals surface area contributed by atoms with Gasteiger partial charge in [0.05, 0.1) is 13.2 Å². The first-order chi connectivity index (χ1) is 9.26. The first-order valence-corrected chi connectivity index (χ1v) is 7.22. The molecule has 2 unspecified atom stereocenters. The second-order valence-corrected chi connectivity index (χ2v) is 5.15. The normalized spacial score (nSPS) is 23.1. The zero-order valence-corrected chi connectivity index (χ0v) is 12.3.